The fourth-order valence-corrected chi connectivity index (χ4v) is 3.39. The van der Waals surface area contributed by atoms with E-state index in [1.807, 2.05) is 0 Å². The van der Waals surface area contributed by atoms with Crippen LogP contribution in [0.4, 0.5) is 0 Å². The molecule has 112 valence electrons. The normalized spacial score (nSPS) is 18.4. The van der Waals surface area contributed by atoms with Crippen LogP contribution >= 0.6 is 0 Å². The van der Waals surface area contributed by atoms with Crippen LogP contribution in [-0.2, 0) is 6.42 Å². The van der Waals surface area contributed by atoms with Gasteiger partial charge in [-0.05, 0) is 70.4 Å². The highest BCUT2D eigenvalue weighted by Crippen LogP contribution is 2.41. The Morgan fingerprint density at radius 2 is 1.75 bits per heavy atom. The monoisotopic (exact) mass is 273 g/mol. The van der Waals surface area contributed by atoms with E-state index in [1.165, 1.54) is 43.2 Å². The van der Waals surface area contributed by atoms with Gasteiger partial charge in [0.25, 0.3) is 0 Å². The number of nitrogens with one attached hydrogen (secondary N) is 1. The molecule has 0 atom stereocenters. The molecule has 0 bridgehead atoms. The molecule has 1 aromatic rings. The van der Waals surface area contributed by atoms with Crippen LogP contribution in [0.2, 0.25) is 0 Å². The van der Waals surface area contributed by atoms with E-state index in [4.69, 9.17) is 0 Å². The van der Waals surface area contributed by atoms with Crippen LogP contribution in [0, 0.1) is 19.3 Å². The first kappa shape index (κ1) is 15.6. The molecule has 0 amide bonds. The topological polar surface area (TPSA) is 12.0 Å². The first-order valence-corrected chi connectivity index (χ1v) is 8.11. The lowest BCUT2D eigenvalue weighted by atomic mass is 9.78. The summed E-state index contributed by atoms with van der Waals surface area (Å²) in [5.74, 6) is 0. The molecule has 0 spiro atoms. The first-order chi connectivity index (χ1) is 9.30. The van der Waals surface area contributed by atoms with Crippen LogP contribution in [0.15, 0.2) is 18.2 Å². The predicted molar refractivity (Wildman–Crippen MR) is 88.3 cm³/mol. The quantitative estimate of drug-likeness (QED) is 0.831. The maximum absolute atomic E-state index is 3.76. The Balaban J connectivity index is 2.14. The number of rotatable bonds is 4. The molecule has 0 heterocycles. The maximum Gasteiger partial charge on any atom is 0.00967 e. The second-order valence-corrected chi connectivity index (χ2v) is 7.92. The summed E-state index contributed by atoms with van der Waals surface area (Å²) in [5.41, 5.74) is 5.10. The highest BCUT2D eigenvalue weighted by Gasteiger charge is 2.35. The van der Waals surface area contributed by atoms with Crippen molar-refractivity contribution in [3.8, 4) is 0 Å². The van der Waals surface area contributed by atoms with Crippen molar-refractivity contribution in [3.63, 3.8) is 0 Å². The minimum Gasteiger partial charge on any atom is -0.312 e. The van der Waals surface area contributed by atoms with Crippen molar-refractivity contribution >= 4 is 0 Å². The van der Waals surface area contributed by atoms with E-state index >= 15 is 0 Å². The molecule has 1 saturated carbocycles. The Hall–Kier alpha value is -0.820. The van der Waals surface area contributed by atoms with Gasteiger partial charge in [0.15, 0.2) is 0 Å². The van der Waals surface area contributed by atoms with E-state index in [9.17, 15) is 0 Å². The van der Waals surface area contributed by atoms with E-state index in [2.05, 4.69) is 58.1 Å². The van der Waals surface area contributed by atoms with Crippen molar-refractivity contribution in [3.05, 3.63) is 34.9 Å². The standard InChI is InChI=1S/C19H31N/c1-15-8-9-16(2)17(12-15)13-19(10-6-7-11-19)14-20-18(3,4)5/h8-9,12,20H,6-7,10-11,13-14H2,1-5H3. The van der Waals surface area contributed by atoms with Gasteiger partial charge in [-0.2, -0.15) is 0 Å². The fourth-order valence-electron chi connectivity index (χ4n) is 3.39. The van der Waals surface area contributed by atoms with E-state index in [1.54, 1.807) is 5.56 Å². The molecular weight excluding hydrogens is 242 g/mol. The minimum atomic E-state index is 0.219. The van der Waals surface area contributed by atoms with Crippen LogP contribution in [-0.4, -0.2) is 12.1 Å². The molecule has 20 heavy (non-hydrogen) atoms. The Labute approximate surface area is 125 Å². The van der Waals surface area contributed by atoms with Crippen molar-refractivity contribution in [2.75, 3.05) is 6.54 Å². The third-order valence-electron chi connectivity index (χ3n) is 4.73. The maximum atomic E-state index is 3.76. The van der Waals surface area contributed by atoms with Gasteiger partial charge < -0.3 is 5.32 Å². The van der Waals surface area contributed by atoms with Gasteiger partial charge in [0.2, 0.25) is 0 Å². The summed E-state index contributed by atoms with van der Waals surface area (Å²) in [6.07, 6.45) is 6.80. The lowest BCUT2D eigenvalue weighted by Gasteiger charge is -2.34. The summed E-state index contributed by atoms with van der Waals surface area (Å²) in [6, 6.07) is 6.91. The third-order valence-corrected chi connectivity index (χ3v) is 4.73. The second kappa shape index (κ2) is 5.89. The van der Waals surface area contributed by atoms with E-state index in [0.29, 0.717) is 5.41 Å². The van der Waals surface area contributed by atoms with Crippen molar-refractivity contribution in [1.82, 2.24) is 5.32 Å². The zero-order valence-corrected chi connectivity index (χ0v) is 14.0. The van der Waals surface area contributed by atoms with Crippen LogP contribution in [0.25, 0.3) is 0 Å². The minimum absolute atomic E-state index is 0.219. The zero-order valence-electron chi connectivity index (χ0n) is 14.0. The molecule has 1 fully saturated rings. The van der Waals surface area contributed by atoms with Gasteiger partial charge in [-0.3, -0.25) is 0 Å². The summed E-state index contributed by atoms with van der Waals surface area (Å²) in [4.78, 5) is 0. The predicted octanol–water partition coefficient (Wildman–Crippen LogP) is 4.79. The highest BCUT2D eigenvalue weighted by molar-refractivity contribution is 5.31. The zero-order chi connectivity index (χ0) is 14.8. The summed E-state index contributed by atoms with van der Waals surface area (Å²) in [7, 11) is 0. The average Bonchev–Trinajstić information content (AvgIpc) is 2.80. The van der Waals surface area contributed by atoms with E-state index in [-0.39, 0.29) is 5.54 Å². The van der Waals surface area contributed by atoms with Gasteiger partial charge in [-0.1, -0.05) is 36.6 Å². The van der Waals surface area contributed by atoms with Crippen molar-refractivity contribution in [2.24, 2.45) is 5.41 Å². The highest BCUT2D eigenvalue weighted by atomic mass is 15.0. The molecule has 0 aliphatic heterocycles. The summed E-state index contributed by atoms with van der Waals surface area (Å²) in [6.45, 7) is 12.4. The smallest absolute Gasteiger partial charge is 0.00967 e. The molecule has 0 saturated heterocycles. The van der Waals surface area contributed by atoms with Gasteiger partial charge in [0, 0.05) is 12.1 Å². The number of hydrogen-bond donors (Lipinski definition) is 1. The number of aryl methyl sites for hydroxylation is 2. The molecule has 1 heteroatoms. The summed E-state index contributed by atoms with van der Waals surface area (Å²) >= 11 is 0. The molecule has 2 rings (SSSR count). The molecule has 0 unspecified atom stereocenters. The molecule has 1 aliphatic rings. The van der Waals surface area contributed by atoms with Gasteiger partial charge in [-0.25, -0.2) is 0 Å². The molecular formula is C19H31N. The average molecular weight is 273 g/mol. The van der Waals surface area contributed by atoms with Gasteiger partial charge in [0.05, 0.1) is 0 Å². The Kier molecular flexibility index (Phi) is 4.59. The van der Waals surface area contributed by atoms with Crippen LogP contribution < -0.4 is 5.32 Å². The molecule has 1 N–H and O–H groups in total. The van der Waals surface area contributed by atoms with Gasteiger partial charge in [-0.15, -0.1) is 0 Å². The van der Waals surface area contributed by atoms with Crippen molar-refractivity contribution in [1.29, 1.82) is 0 Å². The largest absolute Gasteiger partial charge is 0.312 e. The molecule has 1 nitrogen and oxygen atoms in total. The summed E-state index contributed by atoms with van der Waals surface area (Å²) < 4.78 is 0. The van der Waals surface area contributed by atoms with E-state index < -0.39 is 0 Å². The summed E-state index contributed by atoms with van der Waals surface area (Å²) in [5, 5.41) is 3.76. The molecule has 0 aromatic heterocycles. The number of hydrogen-bond acceptors (Lipinski definition) is 1. The number of benzene rings is 1. The van der Waals surface area contributed by atoms with Crippen molar-refractivity contribution < 1.29 is 0 Å². The lowest BCUT2D eigenvalue weighted by Crippen LogP contribution is -2.44. The Morgan fingerprint density at radius 3 is 2.35 bits per heavy atom. The second-order valence-electron chi connectivity index (χ2n) is 7.92. The Bertz CT molecular complexity index is 447. The third kappa shape index (κ3) is 4.09. The first-order valence-electron chi connectivity index (χ1n) is 8.11. The Morgan fingerprint density at radius 1 is 1.10 bits per heavy atom. The van der Waals surface area contributed by atoms with Gasteiger partial charge >= 0.3 is 0 Å². The SMILES string of the molecule is Cc1ccc(C)c(CC2(CNC(C)(C)C)CCCC2)c1. The van der Waals surface area contributed by atoms with Crippen LogP contribution in [0.3, 0.4) is 0 Å². The fraction of sp³-hybridized carbons (Fsp3) is 0.684. The lowest BCUT2D eigenvalue weighted by molar-refractivity contribution is 0.244. The molecule has 1 aromatic carbocycles. The van der Waals surface area contributed by atoms with E-state index in [0.717, 1.165) is 6.54 Å². The van der Waals surface area contributed by atoms with Crippen LogP contribution in [0.1, 0.15) is 63.1 Å². The van der Waals surface area contributed by atoms with Crippen LogP contribution in [0.5, 0.6) is 0 Å². The molecule has 0 radical (unpaired) electrons. The molecule has 1 aliphatic carbocycles. The van der Waals surface area contributed by atoms with Gasteiger partial charge in [0.1, 0.15) is 0 Å². The van der Waals surface area contributed by atoms with Crippen molar-refractivity contribution in [2.45, 2.75) is 72.3 Å².